The van der Waals surface area contributed by atoms with Gasteiger partial charge in [0.15, 0.2) is 0 Å². The van der Waals surface area contributed by atoms with Crippen LogP contribution < -0.4 is 0 Å². The monoisotopic (exact) mass is 304 g/mol. The highest BCUT2D eigenvalue weighted by molar-refractivity contribution is 5.94. The van der Waals surface area contributed by atoms with Crippen LogP contribution in [0.2, 0.25) is 0 Å². The summed E-state index contributed by atoms with van der Waals surface area (Å²) in [6.45, 7) is 3.99. The fraction of sp³-hybridized carbons (Fsp3) is 0.529. The van der Waals surface area contributed by atoms with Crippen molar-refractivity contribution in [2.45, 2.75) is 45.6 Å². The zero-order valence-electron chi connectivity index (χ0n) is 12.9. The molecule has 0 unspecified atom stereocenters. The van der Waals surface area contributed by atoms with Crippen molar-refractivity contribution in [1.29, 1.82) is 0 Å². The van der Waals surface area contributed by atoms with Gasteiger partial charge in [0.25, 0.3) is 0 Å². The number of carbonyl (C=O) groups excluding carboxylic acids is 2. The fourth-order valence-electron chi connectivity index (χ4n) is 3.53. The Kier molecular flexibility index (Phi) is 3.81. The molecule has 22 heavy (non-hydrogen) atoms. The van der Waals surface area contributed by atoms with Gasteiger partial charge in [0.05, 0.1) is 12.5 Å². The maximum absolute atomic E-state index is 12.4. The van der Waals surface area contributed by atoms with E-state index in [1.54, 1.807) is 19.5 Å². The third-order valence-corrected chi connectivity index (χ3v) is 4.65. The number of hydrogen-bond donors (Lipinski definition) is 0. The molecule has 2 atom stereocenters. The third kappa shape index (κ3) is 2.34. The van der Waals surface area contributed by atoms with Gasteiger partial charge in [-0.15, -0.1) is 0 Å². The molecule has 3 rings (SSSR count). The standard InChI is InChI=1S/C17H20O5/c1-3-13(18)21-10-11-5-4-7-17(2)14(11)16(19)22-15(17)12-6-8-20-9-12/h6,8-9,15H,3-5,7,10H2,1-2H3/t15-,17+/m0/s1. The molecule has 1 aromatic rings. The van der Waals surface area contributed by atoms with Gasteiger partial charge >= 0.3 is 11.9 Å². The molecule has 0 amide bonds. The molecule has 1 saturated heterocycles. The predicted molar refractivity (Wildman–Crippen MR) is 77.8 cm³/mol. The summed E-state index contributed by atoms with van der Waals surface area (Å²) in [5.74, 6) is -0.547. The first-order chi connectivity index (χ1) is 10.6. The van der Waals surface area contributed by atoms with Crippen LogP contribution in [0.15, 0.2) is 34.2 Å². The lowest BCUT2D eigenvalue weighted by Gasteiger charge is -2.33. The van der Waals surface area contributed by atoms with Crippen molar-refractivity contribution >= 4 is 11.9 Å². The molecule has 2 aliphatic rings. The summed E-state index contributed by atoms with van der Waals surface area (Å²) in [6, 6.07) is 1.83. The van der Waals surface area contributed by atoms with Gasteiger partial charge in [0, 0.05) is 23.0 Å². The minimum atomic E-state index is -0.382. The average molecular weight is 304 g/mol. The molecule has 0 spiro atoms. The Morgan fingerprint density at radius 2 is 2.32 bits per heavy atom. The molecule has 118 valence electrons. The highest BCUT2D eigenvalue weighted by Gasteiger charge is 2.53. The number of ether oxygens (including phenoxy) is 2. The van der Waals surface area contributed by atoms with E-state index in [0.29, 0.717) is 12.0 Å². The summed E-state index contributed by atoms with van der Waals surface area (Å²) in [7, 11) is 0. The first kappa shape index (κ1) is 14.9. The lowest BCUT2D eigenvalue weighted by atomic mass is 9.68. The number of cyclic esters (lactones) is 1. The smallest absolute Gasteiger partial charge is 0.335 e. The van der Waals surface area contributed by atoms with Gasteiger partial charge in [-0.2, -0.15) is 0 Å². The van der Waals surface area contributed by atoms with E-state index in [1.807, 2.05) is 13.0 Å². The van der Waals surface area contributed by atoms with Crippen LogP contribution >= 0.6 is 0 Å². The Bertz CT molecular complexity index is 613. The summed E-state index contributed by atoms with van der Waals surface area (Å²) in [6.07, 6.45) is 5.81. The molecule has 0 bridgehead atoms. The second kappa shape index (κ2) is 5.63. The van der Waals surface area contributed by atoms with Gasteiger partial charge in [0.2, 0.25) is 0 Å². The van der Waals surface area contributed by atoms with Crippen LogP contribution in [0.1, 0.15) is 51.2 Å². The lowest BCUT2D eigenvalue weighted by Crippen LogP contribution is -2.28. The Morgan fingerprint density at radius 3 is 3.00 bits per heavy atom. The van der Waals surface area contributed by atoms with Crippen molar-refractivity contribution in [3.63, 3.8) is 0 Å². The van der Waals surface area contributed by atoms with E-state index >= 15 is 0 Å². The Morgan fingerprint density at radius 1 is 1.50 bits per heavy atom. The lowest BCUT2D eigenvalue weighted by molar-refractivity contribution is -0.143. The Balaban J connectivity index is 1.93. The van der Waals surface area contributed by atoms with E-state index < -0.39 is 0 Å². The van der Waals surface area contributed by atoms with Crippen LogP contribution in [0.25, 0.3) is 0 Å². The van der Waals surface area contributed by atoms with E-state index in [9.17, 15) is 9.59 Å². The van der Waals surface area contributed by atoms with E-state index in [1.165, 1.54) is 0 Å². The van der Waals surface area contributed by atoms with Crippen LogP contribution in [-0.2, 0) is 19.1 Å². The maximum atomic E-state index is 12.4. The molecule has 5 nitrogen and oxygen atoms in total. The van der Waals surface area contributed by atoms with Crippen molar-refractivity contribution in [3.05, 3.63) is 35.3 Å². The highest BCUT2D eigenvalue weighted by Crippen LogP contribution is 2.55. The highest BCUT2D eigenvalue weighted by atomic mass is 16.6. The Hall–Kier alpha value is -2.04. The van der Waals surface area contributed by atoms with Crippen LogP contribution in [0.4, 0.5) is 0 Å². The number of rotatable bonds is 4. The zero-order valence-corrected chi connectivity index (χ0v) is 12.9. The average Bonchev–Trinajstić information content (AvgIpc) is 3.11. The number of carbonyl (C=O) groups is 2. The normalized spacial score (nSPS) is 27.5. The van der Waals surface area contributed by atoms with Crippen molar-refractivity contribution in [2.75, 3.05) is 6.61 Å². The van der Waals surface area contributed by atoms with Crippen LogP contribution in [0.3, 0.4) is 0 Å². The number of fused-ring (bicyclic) bond motifs is 1. The largest absolute Gasteiger partial charge is 0.472 e. The minimum Gasteiger partial charge on any atom is -0.472 e. The summed E-state index contributed by atoms with van der Waals surface area (Å²) < 4.78 is 16.0. The molecule has 0 N–H and O–H groups in total. The van der Waals surface area contributed by atoms with Crippen LogP contribution in [-0.4, -0.2) is 18.5 Å². The third-order valence-electron chi connectivity index (χ3n) is 4.65. The van der Waals surface area contributed by atoms with Gasteiger partial charge in [-0.25, -0.2) is 4.79 Å². The first-order valence-electron chi connectivity index (χ1n) is 7.67. The first-order valence-corrected chi connectivity index (χ1v) is 7.67. The van der Waals surface area contributed by atoms with Gasteiger partial charge in [-0.3, -0.25) is 4.79 Å². The second-order valence-corrected chi connectivity index (χ2v) is 6.11. The van der Waals surface area contributed by atoms with Gasteiger partial charge in [-0.1, -0.05) is 13.8 Å². The number of furan rings is 1. The molecule has 1 aliphatic heterocycles. The quantitative estimate of drug-likeness (QED) is 0.798. The van der Waals surface area contributed by atoms with Crippen molar-refractivity contribution in [2.24, 2.45) is 5.41 Å². The Labute approximate surface area is 129 Å². The number of hydrogen-bond acceptors (Lipinski definition) is 5. The minimum absolute atomic E-state index is 0.185. The van der Waals surface area contributed by atoms with E-state index in [2.05, 4.69) is 0 Å². The summed E-state index contributed by atoms with van der Waals surface area (Å²) in [4.78, 5) is 23.8. The van der Waals surface area contributed by atoms with Gasteiger partial charge < -0.3 is 13.9 Å². The SMILES string of the molecule is CCC(=O)OCC1=C2C(=O)O[C@@H](c3ccoc3)[C@]2(C)CCC1. The molecular formula is C17H20O5. The predicted octanol–water partition coefficient (Wildman–Crippen LogP) is 3.32. The topological polar surface area (TPSA) is 65.7 Å². The second-order valence-electron chi connectivity index (χ2n) is 6.11. The maximum Gasteiger partial charge on any atom is 0.335 e. The van der Waals surface area contributed by atoms with Crippen LogP contribution in [0, 0.1) is 5.41 Å². The zero-order chi connectivity index (χ0) is 15.7. The molecule has 0 radical (unpaired) electrons. The molecule has 2 heterocycles. The summed E-state index contributed by atoms with van der Waals surface area (Å²) >= 11 is 0. The van der Waals surface area contributed by atoms with E-state index in [0.717, 1.165) is 30.4 Å². The summed E-state index contributed by atoms with van der Waals surface area (Å²) in [5.41, 5.74) is 2.07. The molecule has 5 heteroatoms. The summed E-state index contributed by atoms with van der Waals surface area (Å²) in [5, 5.41) is 0. The van der Waals surface area contributed by atoms with Gasteiger partial charge in [0.1, 0.15) is 12.7 Å². The molecule has 1 aromatic heterocycles. The van der Waals surface area contributed by atoms with Crippen LogP contribution in [0.5, 0.6) is 0 Å². The molecule has 1 aliphatic carbocycles. The van der Waals surface area contributed by atoms with Crippen molar-refractivity contribution in [1.82, 2.24) is 0 Å². The van der Waals surface area contributed by atoms with E-state index in [4.69, 9.17) is 13.9 Å². The fourth-order valence-corrected chi connectivity index (χ4v) is 3.53. The number of esters is 2. The van der Waals surface area contributed by atoms with Crippen molar-refractivity contribution in [3.8, 4) is 0 Å². The molecule has 1 fully saturated rings. The molecule has 0 aromatic carbocycles. The molecular weight excluding hydrogens is 284 g/mol. The van der Waals surface area contributed by atoms with E-state index in [-0.39, 0.29) is 30.1 Å². The molecule has 0 saturated carbocycles. The van der Waals surface area contributed by atoms with Gasteiger partial charge in [-0.05, 0) is 30.9 Å². The van der Waals surface area contributed by atoms with Crippen molar-refractivity contribution < 1.29 is 23.5 Å².